The highest BCUT2D eigenvalue weighted by Crippen LogP contribution is 2.25. The summed E-state index contributed by atoms with van der Waals surface area (Å²) in [5, 5.41) is 3.08. The SMILES string of the molecule is CCC(NC(=O)CC1CCSCC1)c1ncc[nH]1. The van der Waals surface area contributed by atoms with Crippen molar-refractivity contribution in [2.45, 2.75) is 38.6 Å². The zero-order valence-electron chi connectivity index (χ0n) is 10.8. The zero-order valence-corrected chi connectivity index (χ0v) is 11.6. The lowest BCUT2D eigenvalue weighted by molar-refractivity contribution is -0.122. The van der Waals surface area contributed by atoms with E-state index in [1.807, 2.05) is 11.8 Å². The van der Waals surface area contributed by atoms with Gasteiger partial charge in [-0.3, -0.25) is 4.79 Å². The fourth-order valence-corrected chi connectivity index (χ4v) is 3.50. The highest BCUT2D eigenvalue weighted by molar-refractivity contribution is 7.99. The van der Waals surface area contributed by atoms with Crippen LogP contribution in [0, 0.1) is 5.92 Å². The molecule has 1 unspecified atom stereocenters. The Morgan fingerprint density at radius 3 is 3.00 bits per heavy atom. The van der Waals surface area contributed by atoms with Crippen molar-refractivity contribution >= 4 is 17.7 Å². The van der Waals surface area contributed by atoms with E-state index in [4.69, 9.17) is 0 Å². The van der Waals surface area contributed by atoms with E-state index < -0.39 is 0 Å². The van der Waals surface area contributed by atoms with Crippen LogP contribution in [0.1, 0.15) is 44.5 Å². The van der Waals surface area contributed by atoms with Crippen molar-refractivity contribution in [2.24, 2.45) is 5.92 Å². The molecule has 100 valence electrons. The largest absolute Gasteiger partial charge is 0.347 e. The number of imidazole rings is 1. The Labute approximate surface area is 112 Å². The van der Waals surface area contributed by atoms with E-state index in [0.29, 0.717) is 12.3 Å². The third-order valence-corrected chi connectivity index (χ3v) is 4.46. The van der Waals surface area contributed by atoms with Crippen molar-refractivity contribution in [3.05, 3.63) is 18.2 Å². The number of rotatable bonds is 5. The summed E-state index contributed by atoms with van der Waals surface area (Å²) in [5.74, 6) is 3.99. The number of nitrogens with zero attached hydrogens (tertiary/aromatic N) is 1. The van der Waals surface area contributed by atoms with Gasteiger partial charge in [-0.2, -0.15) is 11.8 Å². The third kappa shape index (κ3) is 3.77. The van der Waals surface area contributed by atoms with Crippen molar-refractivity contribution in [1.29, 1.82) is 0 Å². The molecule has 4 nitrogen and oxygen atoms in total. The first-order valence-electron chi connectivity index (χ1n) is 6.66. The monoisotopic (exact) mass is 267 g/mol. The Balaban J connectivity index is 1.82. The number of carbonyl (C=O) groups excluding carboxylic acids is 1. The molecule has 2 rings (SSSR count). The normalized spacial score (nSPS) is 18.5. The van der Waals surface area contributed by atoms with Gasteiger partial charge >= 0.3 is 0 Å². The minimum Gasteiger partial charge on any atom is -0.347 e. The number of amides is 1. The van der Waals surface area contributed by atoms with Crippen LogP contribution in [0.4, 0.5) is 0 Å². The van der Waals surface area contributed by atoms with Crippen LogP contribution in [-0.4, -0.2) is 27.4 Å². The summed E-state index contributed by atoms with van der Waals surface area (Å²) in [5.41, 5.74) is 0. The quantitative estimate of drug-likeness (QED) is 0.862. The zero-order chi connectivity index (χ0) is 12.8. The molecule has 1 aromatic rings. The highest BCUT2D eigenvalue weighted by atomic mass is 32.2. The fraction of sp³-hybridized carbons (Fsp3) is 0.692. The summed E-state index contributed by atoms with van der Waals surface area (Å²) < 4.78 is 0. The first-order chi connectivity index (χ1) is 8.79. The highest BCUT2D eigenvalue weighted by Gasteiger charge is 2.20. The van der Waals surface area contributed by atoms with E-state index in [2.05, 4.69) is 22.2 Å². The number of nitrogens with one attached hydrogen (secondary N) is 2. The van der Waals surface area contributed by atoms with Gasteiger partial charge in [0.25, 0.3) is 0 Å². The Morgan fingerprint density at radius 2 is 2.39 bits per heavy atom. The summed E-state index contributed by atoms with van der Waals surface area (Å²) in [6, 6.07) is 0.0189. The van der Waals surface area contributed by atoms with Gasteiger partial charge in [0.2, 0.25) is 5.91 Å². The molecule has 1 saturated heterocycles. The van der Waals surface area contributed by atoms with Crippen LogP contribution in [0.2, 0.25) is 0 Å². The number of hydrogen-bond acceptors (Lipinski definition) is 3. The summed E-state index contributed by atoms with van der Waals surface area (Å²) in [4.78, 5) is 19.3. The molecule has 0 bridgehead atoms. The van der Waals surface area contributed by atoms with Crippen molar-refractivity contribution < 1.29 is 4.79 Å². The fourth-order valence-electron chi connectivity index (χ4n) is 2.30. The number of thioether (sulfide) groups is 1. The van der Waals surface area contributed by atoms with E-state index in [9.17, 15) is 4.79 Å². The number of H-pyrrole nitrogens is 1. The van der Waals surface area contributed by atoms with Gasteiger partial charge in [-0.1, -0.05) is 6.92 Å². The Kier molecular flexibility index (Phi) is 5.11. The molecule has 1 aliphatic heterocycles. The second kappa shape index (κ2) is 6.83. The van der Waals surface area contributed by atoms with E-state index in [0.717, 1.165) is 12.2 Å². The molecule has 1 amide bonds. The van der Waals surface area contributed by atoms with Crippen molar-refractivity contribution in [1.82, 2.24) is 15.3 Å². The molecule has 0 saturated carbocycles. The molecule has 1 aliphatic rings. The van der Waals surface area contributed by atoms with Gasteiger partial charge in [-0.25, -0.2) is 4.98 Å². The minimum atomic E-state index is 0.0189. The summed E-state index contributed by atoms with van der Waals surface area (Å²) in [7, 11) is 0. The summed E-state index contributed by atoms with van der Waals surface area (Å²) >= 11 is 2.00. The van der Waals surface area contributed by atoms with Crippen LogP contribution in [0.5, 0.6) is 0 Å². The lowest BCUT2D eigenvalue weighted by Gasteiger charge is -2.22. The standard InChI is InChI=1S/C13H21N3OS/c1-2-11(13-14-5-6-15-13)16-12(17)9-10-3-7-18-8-4-10/h5-6,10-11H,2-4,7-9H2,1H3,(H,14,15)(H,16,17). The summed E-state index contributed by atoms with van der Waals surface area (Å²) in [6.45, 7) is 2.06. The third-order valence-electron chi connectivity index (χ3n) is 3.41. The molecule has 5 heteroatoms. The molecule has 0 aliphatic carbocycles. The maximum Gasteiger partial charge on any atom is 0.220 e. The van der Waals surface area contributed by atoms with Crippen molar-refractivity contribution in [3.8, 4) is 0 Å². The van der Waals surface area contributed by atoms with Crippen molar-refractivity contribution in [2.75, 3.05) is 11.5 Å². The maximum absolute atomic E-state index is 12.0. The number of carbonyl (C=O) groups is 1. The van der Waals surface area contributed by atoms with Crippen LogP contribution in [0.25, 0.3) is 0 Å². The van der Waals surface area contributed by atoms with E-state index in [1.165, 1.54) is 24.3 Å². The van der Waals surface area contributed by atoms with Crippen molar-refractivity contribution in [3.63, 3.8) is 0 Å². The molecule has 2 N–H and O–H groups in total. The lowest BCUT2D eigenvalue weighted by Crippen LogP contribution is -2.31. The smallest absolute Gasteiger partial charge is 0.220 e. The van der Waals surface area contributed by atoms with Gasteiger partial charge in [0, 0.05) is 18.8 Å². The van der Waals surface area contributed by atoms with Gasteiger partial charge < -0.3 is 10.3 Å². The van der Waals surface area contributed by atoms with Crippen LogP contribution >= 0.6 is 11.8 Å². The second-order valence-corrected chi connectivity index (χ2v) is 5.99. The number of aromatic nitrogens is 2. The molecular formula is C13H21N3OS. The predicted molar refractivity (Wildman–Crippen MR) is 74.4 cm³/mol. The average Bonchev–Trinajstić information content (AvgIpc) is 2.91. The van der Waals surface area contributed by atoms with Crippen LogP contribution in [-0.2, 0) is 4.79 Å². The first-order valence-corrected chi connectivity index (χ1v) is 7.81. The molecule has 2 heterocycles. The molecule has 0 aromatic carbocycles. The molecule has 0 radical (unpaired) electrons. The first kappa shape index (κ1) is 13.5. The van der Waals surface area contributed by atoms with Crippen LogP contribution < -0.4 is 5.32 Å². The topological polar surface area (TPSA) is 57.8 Å². The van der Waals surface area contributed by atoms with E-state index in [1.54, 1.807) is 12.4 Å². The van der Waals surface area contributed by atoms with Crippen LogP contribution in [0.3, 0.4) is 0 Å². The Hall–Kier alpha value is -0.970. The molecule has 1 fully saturated rings. The van der Waals surface area contributed by atoms with Gasteiger partial charge in [0.05, 0.1) is 6.04 Å². The van der Waals surface area contributed by atoms with Crippen LogP contribution in [0.15, 0.2) is 12.4 Å². The summed E-state index contributed by atoms with van der Waals surface area (Å²) in [6.07, 6.45) is 7.40. The number of hydrogen-bond donors (Lipinski definition) is 2. The van der Waals surface area contributed by atoms with Gasteiger partial charge in [0.15, 0.2) is 0 Å². The van der Waals surface area contributed by atoms with Gasteiger partial charge in [-0.15, -0.1) is 0 Å². The van der Waals surface area contributed by atoms with Gasteiger partial charge in [-0.05, 0) is 36.7 Å². The Bertz CT molecular complexity index is 360. The van der Waals surface area contributed by atoms with E-state index >= 15 is 0 Å². The minimum absolute atomic E-state index is 0.0189. The lowest BCUT2D eigenvalue weighted by atomic mass is 9.98. The average molecular weight is 267 g/mol. The second-order valence-electron chi connectivity index (χ2n) is 4.76. The molecule has 1 aromatic heterocycles. The number of aromatic amines is 1. The molecule has 1 atom stereocenters. The predicted octanol–water partition coefficient (Wildman–Crippen LogP) is 2.51. The molecular weight excluding hydrogens is 246 g/mol. The maximum atomic E-state index is 12.0. The molecule has 18 heavy (non-hydrogen) atoms. The Morgan fingerprint density at radius 1 is 1.61 bits per heavy atom. The van der Waals surface area contributed by atoms with Gasteiger partial charge in [0.1, 0.15) is 5.82 Å². The van der Waals surface area contributed by atoms with E-state index in [-0.39, 0.29) is 11.9 Å². The molecule has 0 spiro atoms.